The molecule has 0 aliphatic rings. The average molecular weight is 320 g/mol. The molecule has 0 aliphatic heterocycles. The van der Waals surface area contributed by atoms with Gasteiger partial charge in [-0.1, -0.05) is 23.4 Å². The molecule has 0 spiro atoms. The summed E-state index contributed by atoms with van der Waals surface area (Å²) in [6.07, 6.45) is 5.45. The van der Waals surface area contributed by atoms with Gasteiger partial charge < -0.3 is 19.6 Å². The number of nitrogen functional groups attached to an aromatic ring is 1. The van der Waals surface area contributed by atoms with Gasteiger partial charge in [-0.3, -0.25) is 0 Å². The quantitative estimate of drug-likeness (QED) is 0.610. The van der Waals surface area contributed by atoms with Gasteiger partial charge in [0.2, 0.25) is 0 Å². The van der Waals surface area contributed by atoms with Crippen LogP contribution < -0.4 is 10.5 Å². The number of benzene rings is 2. The highest BCUT2D eigenvalue weighted by atomic mass is 16.5. The number of rotatable bonds is 5. The molecule has 2 aromatic carbocycles. The molecule has 4 aromatic rings. The lowest BCUT2D eigenvalue weighted by Crippen LogP contribution is -2.06. The van der Waals surface area contributed by atoms with Gasteiger partial charge in [0.25, 0.3) is 0 Å². The third-order valence-corrected chi connectivity index (χ3v) is 3.84. The first-order valence-corrected chi connectivity index (χ1v) is 7.63. The standard InChI is InChI=1S/C18H16N4O2/c19-18-16-5-4-14(11-17(16)24-21-18)13-2-1-3-15(10-13)23-9-8-22-7-6-20-12-22/h1-7,10-12H,8-9H2,(H2,19,21). The highest BCUT2D eigenvalue weighted by molar-refractivity contribution is 5.90. The van der Waals surface area contributed by atoms with Crippen LogP contribution in [0, 0.1) is 0 Å². The second kappa shape index (κ2) is 6.08. The molecule has 2 heterocycles. The molecule has 0 unspecified atom stereocenters. The Kier molecular flexibility index (Phi) is 3.63. The van der Waals surface area contributed by atoms with Gasteiger partial charge in [-0.2, -0.15) is 0 Å². The van der Waals surface area contributed by atoms with Gasteiger partial charge >= 0.3 is 0 Å². The van der Waals surface area contributed by atoms with E-state index in [2.05, 4.69) is 10.1 Å². The average Bonchev–Trinajstić information content (AvgIpc) is 3.25. The number of hydrogen-bond donors (Lipinski definition) is 1. The molecule has 2 N–H and O–H groups in total. The van der Waals surface area contributed by atoms with Gasteiger partial charge in [0.1, 0.15) is 12.4 Å². The maximum absolute atomic E-state index is 5.83. The minimum Gasteiger partial charge on any atom is -0.492 e. The zero-order valence-electron chi connectivity index (χ0n) is 12.9. The lowest BCUT2D eigenvalue weighted by Gasteiger charge is -2.09. The summed E-state index contributed by atoms with van der Waals surface area (Å²) >= 11 is 0. The Labute approximate surface area is 138 Å². The van der Waals surface area contributed by atoms with E-state index >= 15 is 0 Å². The van der Waals surface area contributed by atoms with E-state index in [-0.39, 0.29) is 0 Å². The largest absolute Gasteiger partial charge is 0.492 e. The number of hydrogen-bond acceptors (Lipinski definition) is 5. The fourth-order valence-electron chi connectivity index (χ4n) is 2.59. The van der Waals surface area contributed by atoms with Crippen molar-refractivity contribution in [2.75, 3.05) is 12.3 Å². The lowest BCUT2D eigenvalue weighted by molar-refractivity contribution is 0.298. The second-order valence-electron chi connectivity index (χ2n) is 5.46. The molecule has 0 bridgehead atoms. The Morgan fingerprint density at radius 3 is 2.92 bits per heavy atom. The van der Waals surface area contributed by atoms with Crippen molar-refractivity contribution in [1.29, 1.82) is 0 Å². The van der Waals surface area contributed by atoms with Crippen molar-refractivity contribution in [3.63, 3.8) is 0 Å². The zero-order chi connectivity index (χ0) is 16.4. The van der Waals surface area contributed by atoms with Crippen LogP contribution in [-0.2, 0) is 6.54 Å². The molecule has 120 valence electrons. The van der Waals surface area contributed by atoms with E-state index in [9.17, 15) is 0 Å². The maximum Gasteiger partial charge on any atom is 0.174 e. The van der Waals surface area contributed by atoms with Crippen molar-refractivity contribution < 1.29 is 9.26 Å². The van der Waals surface area contributed by atoms with Crippen LogP contribution in [0.2, 0.25) is 0 Å². The third kappa shape index (κ3) is 2.81. The Morgan fingerprint density at radius 1 is 1.12 bits per heavy atom. The lowest BCUT2D eigenvalue weighted by atomic mass is 10.0. The molecule has 24 heavy (non-hydrogen) atoms. The van der Waals surface area contributed by atoms with E-state index in [4.69, 9.17) is 15.0 Å². The summed E-state index contributed by atoms with van der Waals surface area (Å²) in [7, 11) is 0. The topological polar surface area (TPSA) is 79.1 Å². The fraction of sp³-hybridized carbons (Fsp3) is 0.111. The second-order valence-corrected chi connectivity index (χ2v) is 5.46. The summed E-state index contributed by atoms with van der Waals surface area (Å²) in [5.74, 6) is 1.23. The first kappa shape index (κ1) is 14.3. The number of fused-ring (bicyclic) bond motifs is 1. The molecular weight excluding hydrogens is 304 g/mol. The van der Waals surface area contributed by atoms with E-state index in [0.29, 0.717) is 18.0 Å². The summed E-state index contributed by atoms with van der Waals surface area (Å²) in [4.78, 5) is 4.01. The predicted octanol–water partition coefficient (Wildman–Crippen LogP) is 3.35. The van der Waals surface area contributed by atoms with Crippen molar-refractivity contribution >= 4 is 16.8 Å². The molecule has 6 nitrogen and oxygen atoms in total. The minimum absolute atomic E-state index is 0.410. The first-order chi connectivity index (χ1) is 11.8. The molecule has 0 aliphatic carbocycles. The molecule has 2 aromatic heterocycles. The van der Waals surface area contributed by atoms with E-state index in [1.54, 1.807) is 12.5 Å². The zero-order valence-corrected chi connectivity index (χ0v) is 12.9. The van der Waals surface area contributed by atoms with Gasteiger partial charge in [0.15, 0.2) is 11.4 Å². The molecule has 6 heteroatoms. The van der Waals surface area contributed by atoms with Crippen LogP contribution in [0.15, 0.2) is 65.7 Å². The highest BCUT2D eigenvalue weighted by Crippen LogP contribution is 2.29. The molecular formula is C18H16N4O2. The van der Waals surface area contributed by atoms with Crippen LogP contribution in [0.25, 0.3) is 22.1 Å². The maximum atomic E-state index is 5.83. The SMILES string of the molecule is Nc1noc2cc(-c3cccc(OCCn4ccnc4)c3)ccc12. The summed E-state index contributed by atoms with van der Waals surface area (Å²) < 4.78 is 13.0. The Balaban J connectivity index is 1.52. The number of ether oxygens (including phenoxy) is 1. The summed E-state index contributed by atoms with van der Waals surface area (Å²) in [5, 5.41) is 4.61. The van der Waals surface area contributed by atoms with Crippen molar-refractivity contribution in [2.24, 2.45) is 0 Å². The van der Waals surface area contributed by atoms with Crippen molar-refractivity contribution in [3.8, 4) is 16.9 Å². The van der Waals surface area contributed by atoms with Gasteiger partial charge in [0.05, 0.1) is 18.3 Å². The van der Waals surface area contributed by atoms with E-state index < -0.39 is 0 Å². The highest BCUT2D eigenvalue weighted by Gasteiger charge is 2.07. The molecule has 0 saturated carbocycles. The monoisotopic (exact) mass is 320 g/mol. The minimum atomic E-state index is 0.410. The molecule has 4 rings (SSSR count). The van der Waals surface area contributed by atoms with Gasteiger partial charge in [0, 0.05) is 12.4 Å². The number of imidazole rings is 1. The first-order valence-electron chi connectivity index (χ1n) is 7.63. The van der Waals surface area contributed by atoms with Crippen LogP contribution in [0.5, 0.6) is 5.75 Å². The van der Waals surface area contributed by atoms with Gasteiger partial charge in [-0.25, -0.2) is 4.98 Å². The van der Waals surface area contributed by atoms with Gasteiger partial charge in [-0.15, -0.1) is 0 Å². The molecule has 0 radical (unpaired) electrons. The Bertz CT molecular complexity index is 960. The molecule has 0 fully saturated rings. The number of nitrogens with two attached hydrogens (primary N) is 1. The number of nitrogens with zero attached hydrogens (tertiary/aromatic N) is 3. The third-order valence-electron chi connectivity index (χ3n) is 3.84. The van der Waals surface area contributed by atoms with Crippen molar-refractivity contribution in [3.05, 3.63) is 61.2 Å². The fourth-order valence-corrected chi connectivity index (χ4v) is 2.59. The van der Waals surface area contributed by atoms with Crippen molar-refractivity contribution in [2.45, 2.75) is 6.54 Å². The smallest absolute Gasteiger partial charge is 0.174 e. The van der Waals surface area contributed by atoms with Crippen LogP contribution in [0.1, 0.15) is 0 Å². The summed E-state index contributed by atoms with van der Waals surface area (Å²) in [6, 6.07) is 13.8. The van der Waals surface area contributed by atoms with E-state index in [0.717, 1.165) is 28.8 Å². The van der Waals surface area contributed by atoms with E-state index in [1.807, 2.05) is 53.2 Å². The number of aromatic nitrogens is 3. The van der Waals surface area contributed by atoms with Crippen LogP contribution in [-0.4, -0.2) is 21.3 Å². The normalized spacial score (nSPS) is 11.0. The molecule has 0 amide bonds. The Hall–Kier alpha value is -3.28. The predicted molar refractivity (Wildman–Crippen MR) is 91.6 cm³/mol. The van der Waals surface area contributed by atoms with Gasteiger partial charge in [-0.05, 0) is 35.4 Å². The molecule has 0 atom stereocenters. The number of anilines is 1. The summed E-state index contributed by atoms with van der Waals surface area (Å²) in [5.41, 5.74) is 8.50. The van der Waals surface area contributed by atoms with Crippen LogP contribution >= 0.6 is 0 Å². The van der Waals surface area contributed by atoms with Crippen LogP contribution in [0.4, 0.5) is 5.82 Å². The van der Waals surface area contributed by atoms with Crippen molar-refractivity contribution in [1.82, 2.24) is 14.7 Å². The Morgan fingerprint density at radius 2 is 2.04 bits per heavy atom. The van der Waals surface area contributed by atoms with E-state index in [1.165, 1.54) is 0 Å². The van der Waals surface area contributed by atoms with Crippen LogP contribution in [0.3, 0.4) is 0 Å². The summed E-state index contributed by atoms with van der Waals surface area (Å²) in [6.45, 7) is 1.34. The molecule has 0 saturated heterocycles.